The number of sulfonamides is 1. The van der Waals surface area contributed by atoms with Crippen molar-refractivity contribution in [1.82, 2.24) is 10.0 Å². The monoisotopic (exact) mass is 406 g/mol. The lowest BCUT2D eigenvalue weighted by Gasteiger charge is -2.28. The fourth-order valence-corrected chi connectivity index (χ4v) is 6.00. The summed E-state index contributed by atoms with van der Waals surface area (Å²) in [5, 5.41) is 5.01. The van der Waals surface area contributed by atoms with Crippen LogP contribution in [-0.4, -0.2) is 27.4 Å². The van der Waals surface area contributed by atoms with E-state index in [-0.39, 0.29) is 22.8 Å². The highest BCUT2D eigenvalue weighted by Gasteiger charge is 2.36. The maximum absolute atomic E-state index is 12.5. The van der Waals surface area contributed by atoms with Crippen molar-refractivity contribution in [2.75, 3.05) is 13.1 Å². The SMILES string of the molecule is Cc1ccc(C)c(S(=O)(=O)NCC(=O)NCC2(c3cccs3)CCCC2)c1. The average molecular weight is 407 g/mol. The Labute approximate surface area is 165 Å². The summed E-state index contributed by atoms with van der Waals surface area (Å²) < 4.78 is 27.5. The van der Waals surface area contributed by atoms with Gasteiger partial charge in [0.1, 0.15) is 0 Å². The molecular formula is C20H26N2O3S2. The number of rotatable bonds is 7. The first-order valence-corrected chi connectivity index (χ1v) is 11.6. The number of hydrogen-bond donors (Lipinski definition) is 2. The molecule has 1 fully saturated rings. The van der Waals surface area contributed by atoms with E-state index < -0.39 is 10.0 Å². The number of hydrogen-bond acceptors (Lipinski definition) is 4. The Balaban J connectivity index is 1.60. The molecule has 0 spiro atoms. The molecule has 1 aromatic heterocycles. The van der Waals surface area contributed by atoms with E-state index >= 15 is 0 Å². The van der Waals surface area contributed by atoms with E-state index in [0.29, 0.717) is 12.1 Å². The van der Waals surface area contributed by atoms with Gasteiger partial charge in [0.2, 0.25) is 15.9 Å². The molecule has 1 aliphatic rings. The summed E-state index contributed by atoms with van der Waals surface area (Å²) in [5.74, 6) is -0.299. The number of benzene rings is 1. The molecule has 2 N–H and O–H groups in total. The van der Waals surface area contributed by atoms with Crippen molar-refractivity contribution in [3.63, 3.8) is 0 Å². The van der Waals surface area contributed by atoms with Crippen LogP contribution in [0.4, 0.5) is 0 Å². The lowest BCUT2D eigenvalue weighted by Crippen LogP contribution is -2.43. The van der Waals surface area contributed by atoms with Crippen molar-refractivity contribution in [2.24, 2.45) is 0 Å². The Morgan fingerprint density at radius 1 is 1.19 bits per heavy atom. The molecule has 0 unspecified atom stereocenters. The number of nitrogens with one attached hydrogen (secondary N) is 2. The summed E-state index contributed by atoms with van der Waals surface area (Å²) in [4.78, 5) is 13.8. The molecular weight excluding hydrogens is 380 g/mol. The van der Waals surface area contributed by atoms with Crippen LogP contribution in [0.1, 0.15) is 41.7 Å². The molecule has 2 aromatic rings. The zero-order valence-electron chi connectivity index (χ0n) is 15.7. The van der Waals surface area contributed by atoms with Crippen molar-refractivity contribution in [2.45, 2.75) is 49.8 Å². The molecule has 1 aromatic carbocycles. The number of carbonyl (C=O) groups excluding carboxylic acids is 1. The van der Waals surface area contributed by atoms with Crippen LogP contribution in [0.25, 0.3) is 0 Å². The minimum absolute atomic E-state index is 0.00413. The average Bonchev–Trinajstić information content (AvgIpc) is 3.32. The molecule has 0 bridgehead atoms. The van der Waals surface area contributed by atoms with E-state index in [1.807, 2.05) is 19.1 Å². The summed E-state index contributed by atoms with van der Waals surface area (Å²) in [6, 6.07) is 9.44. The van der Waals surface area contributed by atoms with Gasteiger partial charge in [-0.3, -0.25) is 4.79 Å². The maximum Gasteiger partial charge on any atom is 0.241 e. The van der Waals surface area contributed by atoms with Gasteiger partial charge in [-0.2, -0.15) is 0 Å². The smallest absolute Gasteiger partial charge is 0.241 e. The minimum Gasteiger partial charge on any atom is -0.354 e. The number of thiophene rings is 1. The zero-order valence-corrected chi connectivity index (χ0v) is 17.4. The largest absolute Gasteiger partial charge is 0.354 e. The van der Waals surface area contributed by atoms with Crippen LogP contribution in [-0.2, 0) is 20.2 Å². The normalized spacial score (nSPS) is 16.4. The zero-order chi connectivity index (χ0) is 19.5. The topological polar surface area (TPSA) is 75.3 Å². The van der Waals surface area contributed by atoms with Crippen LogP contribution >= 0.6 is 11.3 Å². The molecule has 146 valence electrons. The number of aryl methyl sites for hydroxylation is 2. The molecule has 0 aliphatic heterocycles. The Morgan fingerprint density at radius 3 is 2.59 bits per heavy atom. The maximum atomic E-state index is 12.5. The van der Waals surface area contributed by atoms with Crippen molar-refractivity contribution >= 4 is 27.3 Å². The lowest BCUT2D eigenvalue weighted by molar-refractivity contribution is -0.120. The van der Waals surface area contributed by atoms with Gasteiger partial charge in [-0.15, -0.1) is 11.3 Å². The van der Waals surface area contributed by atoms with Crippen molar-refractivity contribution in [1.29, 1.82) is 0 Å². The molecule has 1 aliphatic carbocycles. The van der Waals surface area contributed by atoms with Gasteiger partial charge < -0.3 is 5.32 Å². The first kappa shape index (κ1) is 20.0. The van der Waals surface area contributed by atoms with Gasteiger partial charge in [0, 0.05) is 16.8 Å². The summed E-state index contributed by atoms with van der Waals surface area (Å²) in [6.45, 7) is 3.89. The third-order valence-corrected chi connectivity index (χ3v) is 7.94. The third kappa shape index (κ3) is 4.59. The first-order chi connectivity index (χ1) is 12.8. The summed E-state index contributed by atoms with van der Waals surface area (Å²) >= 11 is 1.73. The van der Waals surface area contributed by atoms with Gasteiger partial charge in [0.15, 0.2) is 0 Å². The Morgan fingerprint density at radius 2 is 1.93 bits per heavy atom. The van der Waals surface area contributed by atoms with E-state index in [1.54, 1.807) is 30.4 Å². The molecule has 27 heavy (non-hydrogen) atoms. The van der Waals surface area contributed by atoms with Gasteiger partial charge in [-0.05, 0) is 55.3 Å². The van der Waals surface area contributed by atoms with E-state index in [2.05, 4.69) is 21.5 Å². The highest BCUT2D eigenvalue weighted by atomic mass is 32.2. The fraction of sp³-hybridized carbons (Fsp3) is 0.450. The quantitative estimate of drug-likeness (QED) is 0.741. The van der Waals surface area contributed by atoms with Gasteiger partial charge >= 0.3 is 0 Å². The van der Waals surface area contributed by atoms with Crippen LogP contribution in [0, 0.1) is 13.8 Å². The van der Waals surface area contributed by atoms with Crippen LogP contribution in [0.15, 0.2) is 40.6 Å². The summed E-state index contributed by atoms with van der Waals surface area (Å²) in [6.07, 6.45) is 4.43. The highest BCUT2D eigenvalue weighted by molar-refractivity contribution is 7.89. The molecule has 1 amide bonds. The standard InChI is InChI=1S/C20H26N2O3S2/c1-15-7-8-16(2)17(12-15)27(24,25)22-13-19(23)21-14-20(9-3-4-10-20)18-6-5-11-26-18/h5-8,11-12,22H,3-4,9-10,13-14H2,1-2H3,(H,21,23). The van der Waals surface area contributed by atoms with Crippen LogP contribution in [0.3, 0.4) is 0 Å². The van der Waals surface area contributed by atoms with Crippen molar-refractivity contribution < 1.29 is 13.2 Å². The fourth-order valence-electron chi connectivity index (χ4n) is 3.71. The second-order valence-corrected chi connectivity index (χ2v) is 10.0. The Kier molecular flexibility index (Phi) is 6.03. The predicted molar refractivity (Wildman–Crippen MR) is 109 cm³/mol. The van der Waals surface area contributed by atoms with E-state index in [1.165, 1.54) is 4.88 Å². The molecule has 3 rings (SSSR count). The van der Waals surface area contributed by atoms with Crippen molar-refractivity contribution in [3.8, 4) is 0 Å². The van der Waals surface area contributed by atoms with Crippen LogP contribution in [0.5, 0.6) is 0 Å². The van der Waals surface area contributed by atoms with Crippen LogP contribution < -0.4 is 10.0 Å². The summed E-state index contributed by atoms with van der Waals surface area (Å²) in [7, 11) is -3.71. The molecule has 1 heterocycles. The Bertz CT molecular complexity index is 899. The molecule has 0 atom stereocenters. The van der Waals surface area contributed by atoms with Crippen molar-refractivity contribution in [3.05, 3.63) is 51.7 Å². The molecule has 5 nitrogen and oxygen atoms in total. The number of amides is 1. The van der Waals surface area contributed by atoms with E-state index in [4.69, 9.17) is 0 Å². The number of carbonyl (C=O) groups is 1. The summed E-state index contributed by atoms with van der Waals surface area (Å²) in [5.41, 5.74) is 1.52. The first-order valence-electron chi connectivity index (χ1n) is 9.20. The highest BCUT2D eigenvalue weighted by Crippen LogP contribution is 2.42. The molecule has 0 saturated heterocycles. The molecule has 1 saturated carbocycles. The second-order valence-electron chi connectivity index (χ2n) is 7.33. The van der Waals surface area contributed by atoms with Crippen LogP contribution in [0.2, 0.25) is 0 Å². The second kappa shape index (κ2) is 8.12. The van der Waals surface area contributed by atoms with Gasteiger partial charge in [-0.25, -0.2) is 13.1 Å². The Hall–Kier alpha value is -1.70. The molecule has 0 radical (unpaired) electrons. The van der Waals surface area contributed by atoms with Gasteiger partial charge in [-0.1, -0.05) is 31.0 Å². The minimum atomic E-state index is -3.71. The van der Waals surface area contributed by atoms with Gasteiger partial charge in [0.25, 0.3) is 0 Å². The molecule has 7 heteroatoms. The van der Waals surface area contributed by atoms with E-state index in [0.717, 1.165) is 31.2 Å². The van der Waals surface area contributed by atoms with Gasteiger partial charge in [0.05, 0.1) is 11.4 Å². The lowest BCUT2D eigenvalue weighted by atomic mass is 9.84. The predicted octanol–water partition coefficient (Wildman–Crippen LogP) is 3.27. The van der Waals surface area contributed by atoms with E-state index in [9.17, 15) is 13.2 Å². The third-order valence-electron chi connectivity index (χ3n) is 5.28.